The summed E-state index contributed by atoms with van der Waals surface area (Å²) in [6, 6.07) is 2.21. The molecule has 1 aliphatic rings. The molecule has 33 heavy (non-hydrogen) atoms. The minimum Gasteiger partial charge on any atom is -0.369 e. The molecule has 8 heteroatoms. The maximum Gasteiger partial charge on any atom is 0.231 e. The second kappa shape index (κ2) is 8.57. The predicted octanol–water partition coefficient (Wildman–Crippen LogP) is 4.73. The van der Waals surface area contributed by atoms with Crippen LogP contribution in [-0.2, 0) is 4.79 Å². The summed E-state index contributed by atoms with van der Waals surface area (Å²) in [4.78, 5) is 24.5. The number of hydrogen-bond acceptors (Lipinski definition) is 5. The third-order valence-electron chi connectivity index (χ3n) is 6.96. The van der Waals surface area contributed by atoms with Crippen molar-refractivity contribution in [1.82, 2.24) is 24.5 Å². The van der Waals surface area contributed by atoms with E-state index >= 15 is 0 Å². The van der Waals surface area contributed by atoms with Gasteiger partial charge in [-0.15, -0.1) is 11.3 Å². The van der Waals surface area contributed by atoms with Crippen molar-refractivity contribution >= 4 is 33.1 Å². The van der Waals surface area contributed by atoms with E-state index < -0.39 is 0 Å². The number of aromatic amines is 1. The molecule has 0 spiro atoms. The first-order valence-electron chi connectivity index (χ1n) is 11.8. The number of nitrogens with two attached hydrogens (primary N) is 1. The van der Waals surface area contributed by atoms with Gasteiger partial charge in [0.25, 0.3) is 0 Å². The molecule has 5 rings (SSSR count). The van der Waals surface area contributed by atoms with E-state index in [2.05, 4.69) is 59.9 Å². The Morgan fingerprint density at radius 2 is 2.12 bits per heavy atom. The van der Waals surface area contributed by atoms with Crippen LogP contribution in [0.25, 0.3) is 27.1 Å². The Labute approximate surface area is 198 Å². The molecule has 7 nitrogen and oxygen atoms in total. The average molecular weight is 465 g/mol. The number of pyridine rings is 1. The van der Waals surface area contributed by atoms with Crippen molar-refractivity contribution in [3.05, 3.63) is 40.2 Å². The van der Waals surface area contributed by atoms with Gasteiger partial charge in [-0.3, -0.25) is 9.69 Å². The fourth-order valence-electron chi connectivity index (χ4n) is 5.47. The van der Waals surface area contributed by atoms with Crippen LogP contribution in [0.4, 0.5) is 0 Å². The number of aromatic nitrogens is 4. The van der Waals surface area contributed by atoms with Gasteiger partial charge in [-0.1, -0.05) is 13.8 Å². The molecule has 0 radical (unpaired) electrons. The van der Waals surface area contributed by atoms with Gasteiger partial charge < -0.3 is 10.7 Å². The SMILES string of the molecule is Cc1c([C@@H]2CCCN(CC(N)=O)CC2)sc2[nH]c(-c3cc(C)c4ncnn4c3)c(C(C)C)c12. The minimum absolute atomic E-state index is 0.234. The third kappa shape index (κ3) is 3.95. The number of H-pyrrole nitrogens is 1. The zero-order chi connectivity index (χ0) is 23.3. The molecule has 1 saturated heterocycles. The Morgan fingerprint density at radius 3 is 2.88 bits per heavy atom. The molecule has 1 fully saturated rings. The standard InChI is InChI=1S/C25H32N6OS/c1-14(2)20-21-16(4)23(17-6-5-8-30(9-7-17)12-19(26)32)33-25(21)29-22(20)18-10-15(3)24-27-13-28-31(24)11-18/h10-11,13-14,17,29H,5-9,12H2,1-4H3,(H2,26,32)/t17-/m1/s1. The van der Waals surface area contributed by atoms with Crippen molar-refractivity contribution in [2.24, 2.45) is 5.73 Å². The Hall–Kier alpha value is -2.71. The second-order valence-corrected chi connectivity index (χ2v) is 10.7. The molecular weight excluding hydrogens is 432 g/mol. The smallest absolute Gasteiger partial charge is 0.231 e. The summed E-state index contributed by atoms with van der Waals surface area (Å²) >= 11 is 1.91. The third-order valence-corrected chi connectivity index (χ3v) is 8.33. The Balaban J connectivity index is 1.54. The van der Waals surface area contributed by atoms with Crippen LogP contribution in [0.5, 0.6) is 0 Å². The fourth-order valence-corrected chi connectivity index (χ4v) is 6.87. The topological polar surface area (TPSA) is 92.3 Å². The number of likely N-dealkylation sites (tertiary alicyclic amines) is 1. The van der Waals surface area contributed by atoms with Gasteiger partial charge in [0, 0.05) is 22.0 Å². The first-order chi connectivity index (χ1) is 15.8. The van der Waals surface area contributed by atoms with Crippen LogP contribution in [0.1, 0.15) is 66.5 Å². The quantitative estimate of drug-likeness (QED) is 0.446. The van der Waals surface area contributed by atoms with Crippen LogP contribution >= 0.6 is 11.3 Å². The number of fused-ring (bicyclic) bond motifs is 2. The molecule has 1 aliphatic heterocycles. The Kier molecular flexibility index (Phi) is 5.74. The first kappa shape index (κ1) is 22.1. The molecule has 0 aliphatic carbocycles. The highest BCUT2D eigenvalue weighted by molar-refractivity contribution is 7.19. The van der Waals surface area contributed by atoms with E-state index in [0.29, 0.717) is 18.4 Å². The van der Waals surface area contributed by atoms with Crippen molar-refractivity contribution in [1.29, 1.82) is 0 Å². The van der Waals surface area contributed by atoms with Crippen molar-refractivity contribution in [2.45, 2.75) is 58.8 Å². The Morgan fingerprint density at radius 1 is 1.30 bits per heavy atom. The van der Waals surface area contributed by atoms with Gasteiger partial charge in [0.05, 0.1) is 12.2 Å². The van der Waals surface area contributed by atoms with Crippen molar-refractivity contribution in [2.75, 3.05) is 19.6 Å². The lowest BCUT2D eigenvalue weighted by molar-refractivity contribution is -0.119. The van der Waals surface area contributed by atoms with Crippen LogP contribution in [-0.4, -0.2) is 50.0 Å². The van der Waals surface area contributed by atoms with Crippen molar-refractivity contribution < 1.29 is 4.79 Å². The van der Waals surface area contributed by atoms with Crippen LogP contribution in [0.3, 0.4) is 0 Å². The van der Waals surface area contributed by atoms with E-state index in [1.807, 2.05) is 15.9 Å². The number of carbonyl (C=O) groups is 1. The molecule has 3 N–H and O–H groups in total. The van der Waals surface area contributed by atoms with Gasteiger partial charge in [0.15, 0.2) is 5.65 Å². The van der Waals surface area contributed by atoms with E-state index in [9.17, 15) is 4.79 Å². The number of carbonyl (C=O) groups excluding carboxylic acids is 1. The summed E-state index contributed by atoms with van der Waals surface area (Å²) in [6.45, 7) is 11.2. The lowest BCUT2D eigenvalue weighted by Gasteiger charge is -2.18. The highest BCUT2D eigenvalue weighted by Crippen LogP contribution is 2.45. The second-order valence-electron chi connectivity index (χ2n) is 9.67. The zero-order valence-electron chi connectivity index (χ0n) is 19.8. The summed E-state index contributed by atoms with van der Waals surface area (Å²) in [7, 11) is 0. The van der Waals surface area contributed by atoms with Crippen LogP contribution in [0, 0.1) is 13.8 Å². The summed E-state index contributed by atoms with van der Waals surface area (Å²) in [5.74, 6) is 0.690. The minimum atomic E-state index is -0.234. The van der Waals surface area contributed by atoms with Crippen molar-refractivity contribution in [3.8, 4) is 11.3 Å². The van der Waals surface area contributed by atoms with Gasteiger partial charge in [-0.25, -0.2) is 9.50 Å². The van der Waals surface area contributed by atoms with E-state index in [4.69, 9.17) is 5.73 Å². The van der Waals surface area contributed by atoms with Gasteiger partial charge in [0.1, 0.15) is 11.2 Å². The maximum absolute atomic E-state index is 11.4. The molecule has 0 aromatic carbocycles. The zero-order valence-corrected chi connectivity index (χ0v) is 20.6. The number of rotatable bonds is 5. The molecule has 5 heterocycles. The normalized spacial score (nSPS) is 17.9. The number of thiophene rings is 1. The van der Waals surface area contributed by atoms with E-state index in [1.165, 1.54) is 31.9 Å². The molecule has 4 aromatic heterocycles. The first-order valence-corrected chi connectivity index (χ1v) is 12.6. The number of nitrogens with one attached hydrogen (secondary N) is 1. The molecule has 0 saturated carbocycles. The summed E-state index contributed by atoms with van der Waals surface area (Å²) in [6.07, 6.45) is 7.01. The molecule has 1 atom stereocenters. The molecule has 0 bridgehead atoms. The fraction of sp³-hybridized carbons (Fsp3) is 0.480. The van der Waals surface area contributed by atoms with E-state index in [0.717, 1.165) is 49.1 Å². The summed E-state index contributed by atoms with van der Waals surface area (Å²) < 4.78 is 1.87. The van der Waals surface area contributed by atoms with Crippen LogP contribution in [0.2, 0.25) is 0 Å². The summed E-state index contributed by atoms with van der Waals surface area (Å²) in [5, 5.41) is 5.75. The highest BCUT2D eigenvalue weighted by atomic mass is 32.1. The number of primary amides is 1. The van der Waals surface area contributed by atoms with Crippen molar-refractivity contribution in [3.63, 3.8) is 0 Å². The lowest BCUT2D eigenvalue weighted by Crippen LogP contribution is -2.34. The number of hydrogen-bond donors (Lipinski definition) is 2. The molecule has 1 amide bonds. The van der Waals surface area contributed by atoms with Crippen LogP contribution in [0.15, 0.2) is 18.6 Å². The van der Waals surface area contributed by atoms with Gasteiger partial charge >= 0.3 is 0 Å². The number of nitrogens with zero attached hydrogens (tertiary/aromatic N) is 4. The van der Waals surface area contributed by atoms with Gasteiger partial charge in [-0.05, 0) is 80.8 Å². The maximum atomic E-state index is 11.4. The monoisotopic (exact) mass is 464 g/mol. The molecule has 4 aromatic rings. The number of amides is 1. The van der Waals surface area contributed by atoms with Gasteiger partial charge in [-0.2, -0.15) is 5.10 Å². The van der Waals surface area contributed by atoms with Crippen LogP contribution < -0.4 is 5.73 Å². The van der Waals surface area contributed by atoms with E-state index in [1.54, 1.807) is 6.33 Å². The van der Waals surface area contributed by atoms with E-state index in [-0.39, 0.29) is 5.91 Å². The predicted molar refractivity (Wildman–Crippen MR) is 134 cm³/mol. The summed E-state index contributed by atoms with van der Waals surface area (Å²) in [5.41, 5.74) is 12.6. The van der Waals surface area contributed by atoms with Gasteiger partial charge in [0.2, 0.25) is 5.91 Å². The number of aryl methyl sites for hydroxylation is 2. The largest absolute Gasteiger partial charge is 0.369 e. The highest BCUT2D eigenvalue weighted by Gasteiger charge is 2.27. The lowest BCUT2D eigenvalue weighted by atomic mass is 9.92. The average Bonchev–Trinajstić information content (AvgIpc) is 3.40. The molecular formula is C25H32N6OS. The Bertz CT molecular complexity index is 1330. The molecule has 174 valence electrons. The molecule has 0 unspecified atom stereocenters.